The Labute approximate surface area is 127 Å². The van der Waals surface area contributed by atoms with Crippen molar-refractivity contribution in [3.05, 3.63) is 28.2 Å². The summed E-state index contributed by atoms with van der Waals surface area (Å²) in [7, 11) is -4.52. The van der Waals surface area contributed by atoms with Gasteiger partial charge in [0.1, 0.15) is 16.5 Å². The molecule has 1 fully saturated rings. The van der Waals surface area contributed by atoms with Crippen LogP contribution in [0.2, 0.25) is 0 Å². The Morgan fingerprint density at radius 3 is 2.57 bits per heavy atom. The van der Waals surface area contributed by atoms with Gasteiger partial charge in [0.15, 0.2) is 5.54 Å². The molecule has 1 atom stereocenters. The molecular formula is C11H10BrF2NO5S. The fraction of sp³-hybridized carbons (Fsp3) is 0.364. The third kappa shape index (κ3) is 3.07. The monoisotopic (exact) mass is 385 g/mol. The molecule has 0 aromatic heterocycles. The number of sulfonamides is 1. The van der Waals surface area contributed by atoms with E-state index >= 15 is 0 Å². The van der Waals surface area contributed by atoms with Gasteiger partial charge in [-0.15, -0.1) is 0 Å². The molecule has 1 aromatic carbocycles. The average Bonchev–Trinajstić information content (AvgIpc) is 2.75. The number of carboxylic acid groups (broad SMARTS) is 1. The summed E-state index contributed by atoms with van der Waals surface area (Å²) in [6.07, 6.45) is -0.0952. The predicted molar refractivity (Wildman–Crippen MR) is 70.2 cm³/mol. The molecule has 0 aliphatic carbocycles. The first kappa shape index (κ1) is 16.3. The van der Waals surface area contributed by atoms with E-state index in [1.165, 1.54) is 0 Å². The number of hydrogen-bond acceptors (Lipinski definition) is 4. The zero-order valence-corrected chi connectivity index (χ0v) is 12.8. The number of aliphatic carboxylic acids is 1. The van der Waals surface area contributed by atoms with E-state index < -0.39 is 38.1 Å². The second-order valence-corrected chi connectivity index (χ2v) is 6.97. The van der Waals surface area contributed by atoms with E-state index in [9.17, 15) is 27.1 Å². The molecule has 21 heavy (non-hydrogen) atoms. The highest BCUT2D eigenvalue weighted by Crippen LogP contribution is 2.29. The molecule has 116 valence electrons. The zero-order chi connectivity index (χ0) is 15.8. The summed E-state index contributed by atoms with van der Waals surface area (Å²) in [5.41, 5.74) is -1.86. The maximum absolute atomic E-state index is 13.7. The molecule has 1 saturated heterocycles. The Bertz CT molecular complexity index is 665. The van der Waals surface area contributed by atoms with Gasteiger partial charge >= 0.3 is 5.97 Å². The molecule has 1 unspecified atom stereocenters. The molecular weight excluding hydrogens is 376 g/mol. The molecule has 1 aromatic rings. The van der Waals surface area contributed by atoms with Crippen molar-refractivity contribution in [2.75, 3.05) is 13.2 Å². The minimum Gasteiger partial charge on any atom is -0.480 e. The van der Waals surface area contributed by atoms with Crippen LogP contribution < -0.4 is 4.72 Å². The van der Waals surface area contributed by atoms with Gasteiger partial charge in [-0.3, -0.25) is 4.79 Å². The van der Waals surface area contributed by atoms with E-state index in [1.807, 2.05) is 4.72 Å². The Balaban J connectivity index is 2.46. The Kier molecular flexibility index (Phi) is 4.34. The topological polar surface area (TPSA) is 92.7 Å². The van der Waals surface area contributed by atoms with E-state index in [2.05, 4.69) is 15.9 Å². The largest absolute Gasteiger partial charge is 0.480 e. The summed E-state index contributed by atoms with van der Waals surface area (Å²) in [6, 6.07) is 1.17. The number of benzene rings is 1. The Morgan fingerprint density at radius 2 is 2.10 bits per heavy atom. The molecule has 6 nitrogen and oxygen atoms in total. The quantitative estimate of drug-likeness (QED) is 0.813. The lowest BCUT2D eigenvalue weighted by molar-refractivity contribution is -0.144. The molecule has 2 rings (SSSR count). The van der Waals surface area contributed by atoms with Gasteiger partial charge in [-0.05, 0) is 22.0 Å². The fourth-order valence-electron chi connectivity index (χ4n) is 1.95. The van der Waals surface area contributed by atoms with Gasteiger partial charge in [0, 0.05) is 23.6 Å². The van der Waals surface area contributed by atoms with Gasteiger partial charge in [0.05, 0.1) is 6.61 Å². The zero-order valence-electron chi connectivity index (χ0n) is 10.4. The summed E-state index contributed by atoms with van der Waals surface area (Å²) in [5.74, 6) is -3.72. The smallest absolute Gasteiger partial charge is 0.327 e. The van der Waals surface area contributed by atoms with Gasteiger partial charge in [0.2, 0.25) is 10.0 Å². The van der Waals surface area contributed by atoms with Crippen LogP contribution in [0, 0.1) is 11.6 Å². The third-order valence-corrected chi connectivity index (χ3v) is 5.49. The van der Waals surface area contributed by atoms with Crippen molar-refractivity contribution in [2.45, 2.75) is 16.9 Å². The normalized spacial score (nSPS) is 22.4. The van der Waals surface area contributed by atoms with Crippen molar-refractivity contribution in [1.29, 1.82) is 0 Å². The van der Waals surface area contributed by atoms with Crippen molar-refractivity contribution >= 4 is 31.9 Å². The molecule has 1 heterocycles. The standard InChI is InChI=1S/C11H10BrF2NO5S/c12-7-3-6(13)4-8(14)9(7)21(18,19)15-11(10(16)17)1-2-20-5-11/h3-4,15H,1-2,5H2,(H,16,17). The Morgan fingerprint density at radius 1 is 1.43 bits per heavy atom. The molecule has 10 heteroatoms. The third-order valence-electron chi connectivity index (χ3n) is 2.99. The van der Waals surface area contributed by atoms with Crippen LogP contribution in [0.25, 0.3) is 0 Å². The van der Waals surface area contributed by atoms with Crippen LogP contribution in [0.3, 0.4) is 0 Å². The van der Waals surface area contributed by atoms with E-state index in [-0.39, 0.29) is 24.1 Å². The van der Waals surface area contributed by atoms with Gasteiger partial charge in [0.25, 0.3) is 0 Å². The predicted octanol–water partition coefficient (Wildman–Crippen LogP) is 1.25. The Hall–Kier alpha value is -1.10. The highest BCUT2D eigenvalue weighted by Gasteiger charge is 2.46. The molecule has 1 aliphatic rings. The number of rotatable bonds is 4. The lowest BCUT2D eigenvalue weighted by atomic mass is 10.0. The van der Waals surface area contributed by atoms with Crippen LogP contribution in [0.15, 0.2) is 21.5 Å². The minimum atomic E-state index is -4.52. The van der Waals surface area contributed by atoms with Crippen LogP contribution in [-0.4, -0.2) is 38.2 Å². The number of carboxylic acids is 1. The molecule has 2 N–H and O–H groups in total. The molecule has 0 bridgehead atoms. The van der Waals surface area contributed by atoms with Crippen molar-refractivity contribution in [1.82, 2.24) is 4.72 Å². The van der Waals surface area contributed by atoms with E-state index in [1.54, 1.807) is 0 Å². The first-order valence-corrected chi connectivity index (χ1v) is 7.95. The van der Waals surface area contributed by atoms with E-state index in [4.69, 9.17) is 4.74 Å². The first-order valence-electron chi connectivity index (χ1n) is 5.68. The second kappa shape index (κ2) is 5.59. The molecule has 1 aliphatic heterocycles. The summed E-state index contributed by atoms with van der Waals surface area (Å²) in [6.45, 7) is -0.316. The van der Waals surface area contributed by atoms with Crippen LogP contribution in [0.5, 0.6) is 0 Å². The molecule has 0 amide bonds. The van der Waals surface area contributed by atoms with Gasteiger partial charge < -0.3 is 9.84 Å². The highest BCUT2D eigenvalue weighted by atomic mass is 79.9. The first-order chi connectivity index (χ1) is 9.68. The van der Waals surface area contributed by atoms with E-state index in [0.29, 0.717) is 6.07 Å². The summed E-state index contributed by atoms with van der Waals surface area (Å²) in [5, 5.41) is 9.18. The van der Waals surface area contributed by atoms with Gasteiger partial charge in [-0.2, -0.15) is 4.72 Å². The maximum atomic E-state index is 13.7. The number of nitrogens with one attached hydrogen (secondary N) is 1. The fourth-order valence-corrected chi connectivity index (χ4v) is 4.50. The van der Waals surface area contributed by atoms with Crippen molar-refractivity contribution in [3.8, 4) is 0 Å². The van der Waals surface area contributed by atoms with Crippen molar-refractivity contribution in [2.24, 2.45) is 0 Å². The van der Waals surface area contributed by atoms with Gasteiger partial charge in [-0.25, -0.2) is 17.2 Å². The maximum Gasteiger partial charge on any atom is 0.327 e. The lowest BCUT2D eigenvalue weighted by Gasteiger charge is -2.23. The number of carbonyl (C=O) groups is 1. The molecule has 0 radical (unpaired) electrons. The van der Waals surface area contributed by atoms with E-state index in [0.717, 1.165) is 6.07 Å². The summed E-state index contributed by atoms with van der Waals surface area (Å²) in [4.78, 5) is 10.4. The minimum absolute atomic E-state index is 0.0574. The van der Waals surface area contributed by atoms with Crippen molar-refractivity contribution < 1.29 is 31.8 Å². The SMILES string of the molecule is O=C(O)C1(NS(=O)(=O)c2c(F)cc(F)cc2Br)CCOC1. The van der Waals surface area contributed by atoms with Gasteiger partial charge in [-0.1, -0.05) is 0 Å². The number of ether oxygens (including phenoxy) is 1. The second-order valence-electron chi connectivity index (χ2n) is 4.49. The molecule has 0 spiro atoms. The van der Waals surface area contributed by atoms with Crippen LogP contribution in [0.4, 0.5) is 8.78 Å². The lowest BCUT2D eigenvalue weighted by Crippen LogP contribution is -2.55. The number of hydrogen-bond donors (Lipinski definition) is 2. The summed E-state index contributed by atoms with van der Waals surface area (Å²) >= 11 is 2.76. The average molecular weight is 386 g/mol. The van der Waals surface area contributed by atoms with Crippen molar-refractivity contribution in [3.63, 3.8) is 0 Å². The summed E-state index contributed by atoms with van der Waals surface area (Å²) < 4.78 is 57.7. The highest BCUT2D eigenvalue weighted by molar-refractivity contribution is 9.10. The van der Waals surface area contributed by atoms with Crippen LogP contribution in [-0.2, 0) is 19.6 Å². The number of halogens is 3. The molecule has 0 saturated carbocycles. The van der Waals surface area contributed by atoms with Crippen LogP contribution in [0.1, 0.15) is 6.42 Å². The van der Waals surface area contributed by atoms with Crippen LogP contribution >= 0.6 is 15.9 Å².